The predicted octanol–water partition coefficient (Wildman–Crippen LogP) is 3.40. The molecule has 1 unspecified atom stereocenters. The van der Waals surface area contributed by atoms with E-state index in [2.05, 4.69) is 0 Å². The maximum absolute atomic E-state index is 12.7. The number of aliphatic hydroxyl groups is 1. The van der Waals surface area contributed by atoms with Crippen molar-refractivity contribution in [2.24, 2.45) is 0 Å². The van der Waals surface area contributed by atoms with Gasteiger partial charge in [-0.1, -0.05) is 11.6 Å². The molecule has 3 rings (SSSR count). The lowest BCUT2D eigenvalue weighted by Crippen LogP contribution is -2.32. The molecule has 1 N–H and O–H groups in total. The number of nitrogens with zero attached hydrogens (tertiary/aromatic N) is 1. The summed E-state index contributed by atoms with van der Waals surface area (Å²) in [6, 6.07) is 7.10. The molecule has 1 atom stereocenters. The fraction of sp³-hybridized carbons (Fsp3) is 0.300. The van der Waals surface area contributed by atoms with E-state index in [1.54, 1.807) is 31.2 Å². The summed E-state index contributed by atoms with van der Waals surface area (Å²) in [6.07, 6.45) is 1.45. The van der Waals surface area contributed by atoms with Crippen LogP contribution >= 0.6 is 11.6 Å². The van der Waals surface area contributed by atoms with Crippen molar-refractivity contribution >= 4 is 29.1 Å². The molecular formula is C20H20ClNO6. The van der Waals surface area contributed by atoms with Gasteiger partial charge in [-0.3, -0.25) is 9.59 Å². The number of ether oxygens (including phenoxy) is 2. The summed E-state index contributed by atoms with van der Waals surface area (Å²) in [7, 11) is 1.50. The van der Waals surface area contributed by atoms with Crippen LogP contribution in [0.4, 0.5) is 0 Å². The average molecular weight is 406 g/mol. The second-order valence-corrected chi connectivity index (χ2v) is 6.49. The Morgan fingerprint density at radius 1 is 1.32 bits per heavy atom. The molecule has 1 fully saturated rings. The number of aliphatic hydroxyl groups excluding tert-OH is 1. The summed E-state index contributed by atoms with van der Waals surface area (Å²) in [5.41, 5.74) is 0.259. The molecule has 1 aromatic heterocycles. The number of halogens is 1. The zero-order valence-electron chi connectivity index (χ0n) is 15.5. The van der Waals surface area contributed by atoms with Crippen molar-refractivity contribution in [1.29, 1.82) is 0 Å². The minimum atomic E-state index is -0.851. The van der Waals surface area contributed by atoms with Gasteiger partial charge in [0.1, 0.15) is 23.3 Å². The first-order valence-electron chi connectivity index (χ1n) is 8.73. The number of carbonyl (C=O) groups is 2. The highest BCUT2D eigenvalue weighted by Crippen LogP contribution is 2.40. The number of rotatable bonds is 7. The van der Waals surface area contributed by atoms with Crippen LogP contribution in [0, 0.1) is 0 Å². The summed E-state index contributed by atoms with van der Waals surface area (Å²) in [5.74, 6) is -1.09. The van der Waals surface area contributed by atoms with Crippen LogP contribution in [0.1, 0.15) is 24.3 Å². The minimum Gasteiger partial charge on any atom is -0.507 e. The summed E-state index contributed by atoms with van der Waals surface area (Å²) in [5, 5.41) is 11.3. The van der Waals surface area contributed by atoms with Gasteiger partial charge in [-0.2, -0.15) is 0 Å². The Labute approximate surface area is 167 Å². The Bertz CT molecular complexity index is 905. The molecule has 1 aliphatic heterocycles. The summed E-state index contributed by atoms with van der Waals surface area (Å²) in [6.45, 7) is 2.60. The summed E-state index contributed by atoms with van der Waals surface area (Å²) >= 11 is 6.10. The number of furan rings is 1. The number of carbonyl (C=O) groups excluding carboxylic acids is 2. The Morgan fingerprint density at radius 2 is 2.11 bits per heavy atom. The molecule has 0 bridgehead atoms. The second kappa shape index (κ2) is 8.50. The zero-order chi connectivity index (χ0) is 20.3. The standard InChI is InChI=1S/C20H20ClNO6/c1-3-27-15-11-12(6-7-13(15)21)18(23)16-17(14-5-4-9-28-14)22(8-10-26-2)20(25)19(16)24/h4-7,9,11,17,23H,3,8,10H2,1-2H3/b18-16-. The molecule has 1 aromatic carbocycles. The number of Topliss-reactive ketones (excluding diaryl/α,β-unsaturated/α-hetero) is 1. The van der Waals surface area contributed by atoms with Crippen molar-refractivity contribution in [2.75, 3.05) is 26.9 Å². The van der Waals surface area contributed by atoms with Gasteiger partial charge in [-0.05, 0) is 37.3 Å². The predicted molar refractivity (Wildman–Crippen MR) is 102 cm³/mol. The number of methoxy groups -OCH3 is 1. The highest BCUT2D eigenvalue weighted by atomic mass is 35.5. The van der Waals surface area contributed by atoms with E-state index >= 15 is 0 Å². The van der Waals surface area contributed by atoms with Gasteiger partial charge < -0.3 is 23.9 Å². The normalized spacial score (nSPS) is 18.7. The smallest absolute Gasteiger partial charge is 0.295 e. The van der Waals surface area contributed by atoms with Crippen LogP contribution in [0.25, 0.3) is 5.76 Å². The molecular weight excluding hydrogens is 386 g/mol. The Hall–Kier alpha value is -2.77. The monoisotopic (exact) mass is 405 g/mol. The summed E-state index contributed by atoms with van der Waals surface area (Å²) < 4.78 is 15.9. The van der Waals surface area contributed by atoms with E-state index in [9.17, 15) is 14.7 Å². The number of amides is 1. The molecule has 1 aliphatic rings. The number of hydrogen-bond donors (Lipinski definition) is 1. The Kier molecular flexibility index (Phi) is 6.06. The van der Waals surface area contributed by atoms with Crippen molar-refractivity contribution in [3.05, 3.63) is 58.5 Å². The van der Waals surface area contributed by atoms with E-state index in [1.165, 1.54) is 24.3 Å². The molecule has 0 radical (unpaired) electrons. The van der Waals surface area contributed by atoms with Crippen molar-refractivity contribution in [3.63, 3.8) is 0 Å². The molecule has 0 spiro atoms. The van der Waals surface area contributed by atoms with E-state index in [1.807, 2.05) is 0 Å². The lowest BCUT2D eigenvalue weighted by Gasteiger charge is -2.22. The zero-order valence-corrected chi connectivity index (χ0v) is 16.2. The SMILES string of the molecule is CCOc1cc(/C(O)=C2/C(=O)C(=O)N(CCOC)C2c2ccco2)ccc1Cl. The fourth-order valence-corrected chi connectivity index (χ4v) is 3.29. The quantitative estimate of drug-likeness (QED) is 0.431. The molecule has 7 nitrogen and oxygen atoms in total. The van der Waals surface area contributed by atoms with E-state index in [4.69, 9.17) is 25.5 Å². The molecule has 148 valence electrons. The van der Waals surface area contributed by atoms with Crippen molar-refractivity contribution in [3.8, 4) is 5.75 Å². The van der Waals surface area contributed by atoms with Gasteiger partial charge in [0.05, 0.1) is 30.1 Å². The van der Waals surface area contributed by atoms with Gasteiger partial charge in [0.2, 0.25) is 0 Å². The number of benzene rings is 1. The molecule has 1 amide bonds. The minimum absolute atomic E-state index is 0.0548. The third-order valence-corrected chi connectivity index (χ3v) is 4.71. The van der Waals surface area contributed by atoms with E-state index in [0.29, 0.717) is 28.7 Å². The van der Waals surface area contributed by atoms with Crippen LogP contribution in [-0.2, 0) is 14.3 Å². The lowest BCUT2D eigenvalue weighted by atomic mass is 9.99. The largest absolute Gasteiger partial charge is 0.507 e. The van der Waals surface area contributed by atoms with Gasteiger partial charge in [-0.25, -0.2) is 0 Å². The second-order valence-electron chi connectivity index (χ2n) is 6.08. The first kappa shape index (κ1) is 20.0. The highest BCUT2D eigenvalue weighted by Gasteiger charge is 2.47. The third-order valence-electron chi connectivity index (χ3n) is 4.39. The first-order chi connectivity index (χ1) is 13.5. The number of ketones is 1. The molecule has 1 saturated heterocycles. The van der Waals surface area contributed by atoms with E-state index < -0.39 is 17.7 Å². The van der Waals surface area contributed by atoms with Crippen LogP contribution in [0.3, 0.4) is 0 Å². The Balaban J connectivity index is 2.12. The molecule has 2 heterocycles. The third kappa shape index (κ3) is 3.63. The van der Waals surface area contributed by atoms with Gasteiger partial charge >= 0.3 is 0 Å². The summed E-state index contributed by atoms with van der Waals surface area (Å²) in [4.78, 5) is 26.6. The van der Waals surface area contributed by atoms with Crippen LogP contribution in [0.5, 0.6) is 5.75 Å². The van der Waals surface area contributed by atoms with Crippen molar-refractivity contribution < 1.29 is 28.6 Å². The van der Waals surface area contributed by atoms with Gasteiger partial charge in [0, 0.05) is 19.2 Å². The van der Waals surface area contributed by atoms with Crippen LogP contribution in [-0.4, -0.2) is 48.6 Å². The average Bonchev–Trinajstić information content (AvgIpc) is 3.29. The fourth-order valence-electron chi connectivity index (χ4n) is 3.12. The maximum Gasteiger partial charge on any atom is 0.295 e. The number of likely N-dealkylation sites (tertiary alicyclic amines) is 1. The van der Waals surface area contributed by atoms with Crippen molar-refractivity contribution in [1.82, 2.24) is 4.90 Å². The van der Waals surface area contributed by atoms with E-state index in [-0.39, 0.29) is 24.5 Å². The molecule has 0 saturated carbocycles. The topological polar surface area (TPSA) is 89.2 Å². The first-order valence-corrected chi connectivity index (χ1v) is 9.10. The van der Waals surface area contributed by atoms with Crippen molar-refractivity contribution in [2.45, 2.75) is 13.0 Å². The molecule has 0 aliphatic carbocycles. The Morgan fingerprint density at radius 3 is 2.75 bits per heavy atom. The van der Waals surface area contributed by atoms with Gasteiger partial charge in [0.25, 0.3) is 11.7 Å². The van der Waals surface area contributed by atoms with Crippen LogP contribution in [0.2, 0.25) is 5.02 Å². The van der Waals surface area contributed by atoms with Crippen LogP contribution < -0.4 is 4.74 Å². The molecule has 2 aromatic rings. The maximum atomic E-state index is 12.7. The lowest BCUT2D eigenvalue weighted by molar-refractivity contribution is -0.140. The molecule has 28 heavy (non-hydrogen) atoms. The highest BCUT2D eigenvalue weighted by molar-refractivity contribution is 6.46. The van der Waals surface area contributed by atoms with E-state index in [0.717, 1.165) is 0 Å². The van der Waals surface area contributed by atoms with Gasteiger partial charge in [0.15, 0.2) is 0 Å². The van der Waals surface area contributed by atoms with Gasteiger partial charge in [-0.15, -0.1) is 0 Å². The van der Waals surface area contributed by atoms with Crippen LogP contribution in [0.15, 0.2) is 46.6 Å². The number of hydrogen-bond acceptors (Lipinski definition) is 6. The molecule has 8 heteroatoms.